The molecule has 1 aliphatic carbocycles. The van der Waals surface area contributed by atoms with E-state index >= 15 is 0 Å². The molecule has 6 heteroatoms. The van der Waals surface area contributed by atoms with Crippen LogP contribution in [-0.2, 0) is 6.42 Å². The van der Waals surface area contributed by atoms with Gasteiger partial charge in [0.15, 0.2) is 17.1 Å². The van der Waals surface area contributed by atoms with Crippen molar-refractivity contribution in [2.75, 3.05) is 13.7 Å². The molecule has 0 amide bonds. The molecule has 1 atom stereocenters. The maximum atomic E-state index is 9.18. The Morgan fingerprint density at radius 3 is 2.73 bits per heavy atom. The highest BCUT2D eigenvalue weighted by Crippen LogP contribution is 2.37. The first-order valence-corrected chi connectivity index (χ1v) is 11.0. The van der Waals surface area contributed by atoms with Gasteiger partial charge in [0, 0.05) is 11.6 Å². The van der Waals surface area contributed by atoms with Crippen molar-refractivity contribution >= 4 is 22.7 Å². The number of rotatable bonds is 8. The van der Waals surface area contributed by atoms with Crippen molar-refractivity contribution in [3.8, 4) is 11.5 Å². The summed E-state index contributed by atoms with van der Waals surface area (Å²) < 4.78 is 17.9. The van der Waals surface area contributed by atoms with Crippen LogP contribution in [0.15, 0.2) is 34.7 Å². The van der Waals surface area contributed by atoms with E-state index in [9.17, 15) is 5.11 Å². The van der Waals surface area contributed by atoms with Gasteiger partial charge < -0.3 is 19.0 Å². The Balaban J connectivity index is 1.65. The van der Waals surface area contributed by atoms with Gasteiger partial charge in [-0.15, -0.1) is 0 Å². The van der Waals surface area contributed by atoms with Crippen LogP contribution in [0.1, 0.15) is 62.0 Å². The van der Waals surface area contributed by atoms with Crippen molar-refractivity contribution in [3.05, 3.63) is 52.4 Å². The van der Waals surface area contributed by atoms with Gasteiger partial charge in [-0.25, -0.2) is 4.98 Å². The molecule has 2 aromatic carbocycles. The average Bonchev–Trinajstić information content (AvgIpc) is 3.41. The van der Waals surface area contributed by atoms with Crippen molar-refractivity contribution in [3.63, 3.8) is 0 Å². The molecule has 1 aromatic heterocycles. The van der Waals surface area contributed by atoms with E-state index in [1.165, 1.54) is 12.8 Å². The standard InChI is InChI=1S/C24H28ClNO4/c1-15(16-9-10-21(28-2)22(13-16)29-19-7-3-4-8-19)24-26-20-14-18(25)12-17(6-5-11-27)23(20)30-24/h9-10,12-15,19,27H,3-8,11H2,1-2H3. The van der Waals surface area contributed by atoms with E-state index in [2.05, 4.69) is 6.92 Å². The Morgan fingerprint density at radius 2 is 2.00 bits per heavy atom. The lowest BCUT2D eigenvalue weighted by atomic mass is 10.0. The number of aliphatic hydroxyl groups excluding tert-OH is 1. The van der Waals surface area contributed by atoms with Gasteiger partial charge in [0.2, 0.25) is 5.89 Å². The zero-order valence-electron chi connectivity index (χ0n) is 17.5. The largest absolute Gasteiger partial charge is 0.493 e. The first-order chi connectivity index (χ1) is 14.6. The van der Waals surface area contributed by atoms with Crippen molar-refractivity contribution in [1.82, 2.24) is 4.98 Å². The Hall–Kier alpha value is -2.24. The third kappa shape index (κ3) is 4.42. The number of halogens is 1. The van der Waals surface area contributed by atoms with Crippen molar-refractivity contribution in [2.45, 2.75) is 57.5 Å². The highest BCUT2D eigenvalue weighted by Gasteiger charge is 2.22. The normalized spacial score (nSPS) is 15.6. The molecular weight excluding hydrogens is 402 g/mol. The monoisotopic (exact) mass is 429 g/mol. The van der Waals surface area contributed by atoms with E-state index in [0.29, 0.717) is 23.8 Å². The Kier molecular flexibility index (Phi) is 6.49. The molecule has 1 unspecified atom stereocenters. The number of ether oxygens (including phenoxy) is 2. The van der Waals surface area contributed by atoms with Crippen LogP contribution in [0.4, 0.5) is 0 Å². The average molecular weight is 430 g/mol. The van der Waals surface area contributed by atoms with E-state index in [4.69, 9.17) is 30.5 Å². The maximum absolute atomic E-state index is 9.18. The van der Waals surface area contributed by atoms with Crippen LogP contribution in [-0.4, -0.2) is 29.9 Å². The number of benzene rings is 2. The predicted molar refractivity (Wildman–Crippen MR) is 118 cm³/mol. The molecule has 4 rings (SSSR count). The third-order valence-electron chi connectivity index (χ3n) is 5.81. The molecule has 3 aromatic rings. The van der Waals surface area contributed by atoms with Crippen LogP contribution in [0.3, 0.4) is 0 Å². The molecule has 1 fully saturated rings. The highest BCUT2D eigenvalue weighted by atomic mass is 35.5. The second-order valence-electron chi connectivity index (χ2n) is 7.95. The van der Waals surface area contributed by atoms with Crippen LogP contribution in [0.25, 0.3) is 11.1 Å². The summed E-state index contributed by atoms with van der Waals surface area (Å²) in [6, 6.07) is 9.72. The molecule has 1 aliphatic rings. The van der Waals surface area contributed by atoms with Gasteiger partial charge in [-0.2, -0.15) is 0 Å². The van der Waals surface area contributed by atoms with Crippen molar-refractivity contribution in [1.29, 1.82) is 0 Å². The molecule has 5 nitrogen and oxygen atoms in total. The molecular formula is C24H28ClNO4. The summed E-state index contributed by atoms with van der Waals surface area (Å²) in [6.07, 6.45) is 6.21. The summed E-state index contributed by atoms with van der Waals surface area (Å²) >= 11 is 6.27. The molecule has 0 spiro atoms. The van der Waals surface area contributed by atoms with Gasteiger partial charge in [0.1, 0.15) is 5.52 Å². The summed E-state index contributed by atoms with van der Waals surface area (Å²) in [5.74, 6) is 2.10. The SMILES string of the molecule is COc1ccc(C(C)c2nc3cc(Cl)cc(CCCO)c3o2)cc1OC1CCCC1. The number of nitrogens with zero attached hydrogens (tertiary/aromatic N) is 1. The highest BCUT2D eigenvalue weighted by molar-refractivity contribution is 6.31. The molecule has 0 bridgehead atoms. The zero-order valence-corrected chi connectivity index (χ0v) is 18.2. The first-order valence-electron chi connectivity index (χ1n) is 10.6. The molecule has 0 aliphatic heterocycles. The topological polar surface area (TPSA) is 64.7 Å². The van der Waals surface area contributed by atoms with Gasteiger partial charge in [-0.1, -0.05) is 17.7 Å². The van der Waals surface area contributed by atoms with Crippen LogP contribution in [0.2, 0.25) is 5.02 Å². The lowest BCUT2D eigenvalue weighted by Gasteiger charge is -2.18. The second kappa shape index (κ2) is 9.27. The number of oxazole rings is 1. The van der Waals surface area contributed by atoms with Gasteiger partial charge in [0.05, 0.1) is 19.1 Å². The second-order valence-corrected chi connectivity index (χ2v) is 8.39. The molecule has 1 heterocycles. The number of aryl methyl sites for hydroxylation is 1. The number of aromatic nitrogens is 1. The van der Waals surface area contributed by atoms with Crippen molar-refractivity contribution in [2.24, 2.45) is 0 Å². The summed E-state index contributed by atoms with van der Waals surface area (Å²) in [4.78, 5) is 4.71. The van der Waals surface area contributed by atoms with E-state index < -0.39 is 0 Å². The maximum Gasteiger partial charge on any atom is 0.202 e. The zero-order chi connectivity index (χ0) is 21.1. The van der Waals surface area contributed by atoms with E-state index in [0.717, 1.165) is 46.6 Å². The number of aliphatic hydroxyl groups is 1. The summed E-state index contributed by atoms with van der Waals surface area (Å²) in [5.41, 5.74) is 3.51. The minimum atomic E-state index is -0.0568. The molecule has 1 N–H and O–H groups in total. The number of hydrogen-bond acceptors (Lipinski definition) is 5. The van der Waals surface area contributed by atoms with Gasteiger partial charge in [-0.05, 0) is 80.8 Å². The third-order valence-corrected chi connectivity index (χ3v) is 6.02. The Morgan fingerprint density at radius 1 is 1.20 bits per heavy atom. The summed E-state index contributed by atoms with van der Waals surface area (Å²) in [5, 5.41) is 9.81. The van der Waals surface area contributed by atoms with Crippen LogP contribution in [0, 0.1) is 0 Å². The minimum Gasteiger partial charge on any atom is -0.493 e. The van der Waals surface area contributed by atoms with E-state index in [1.54, 1.807) is 7.11 Å². The Bertz CT molecular complexity index is 1010. The van der Waals surface area contributed by atoms with Crippen LogP contribution >= 0.6 is 11.6 Å². The van der Waals surface area contributed by atoms with Crippen LogP contribution < -0.4 is 9.47 Å². The van der Waals surface area contributed by atoms with E-state index in [1.807, 2.05) is 30.3 Å². The summed E-state index contributed by atoms with van der Waals surface area (Å²) in [7, 11) is 1.67. The smallest absolute Gasteiger partial charge is 0.202 e. The van der Waals surface area contributed by atoms with Crippen LogP contribution in [0.5, 0.6) is 11.5 Å². The van der Waals surface area contributed by atoms with E-state index in [-0.39, 0.29) is 18.6 Å². The van der Waals surface area contributed by atoms with Gasteiger partial charge in [0.25, 0.3) is 0 Å². The fraction of sp³-hybridized carbons (Fsp3) is 0.458. The Labute approximate surface area is 182 Å². The number of methoxy groups -OCH3 is 1. The molecule has 0 saturated heterocycles. The molecule has 1 saturated carbocycles. The lowest BCUT2D eigenvalue weighted by molar-refractivity contribution is 0.200. The fourth-order valence-electron chi connectivity index (χ4n) is 4.10. The lowest BCUT2D eigenvalue weighted by Crippen LogP contribution is -2.12. The molecule has 30 heavy (non-hydrogen) atoms. The number of fused-ring (bicyclic) bond motifs is 1. The first kappa shape index (κ1) is 21.0. The molecule has 160 valence electrons. The van der Waals surface area contributed by atoms with Gasteiger partial charge in [-0.3, -0.25) is 0 Å². The quantitative estimate of drug-likeness (QED) is 0.483. The minimum absolute atomic E-state index is 0.0568. The fourth-order valence-corrected chi connectivity index (χ4v) is 4.34. The van der Waals surface area contributed by atoms with Gasteiger partial charge >= 0.3 is 0 Å². The number of hydrogen-bond donors (Lipinski definition) is 1. The van der Waals surface area contributed by atoms with Crippen molar-refractivity contribution < 1.29 is 19.0 Å². The predicted octanol–water partition coefficient (Wildman–Crippen LogP) is 5.89. The summed E-state index contributed by atoms with van der Waals surface area (Å²) in [6.45, 7) is 2.20. The molecule has 0 radical (unpaired) electrons.